The third-order valence-corrected chi connectivity index (χ3v) is 4.55. The second-order valence-corrected chi connectivity index (χ2v) is 7.08. The van der Waals surface area contributed by atoms with E-state index >= 15 is 0 Å². The maximum Gasteiger partial charge on any atom is 0.270 e. The number of non-ortho nitro benzene ring substituents is 1. The van der Waals surface area contributed by atoms with Crippen LogP contribution in [0.1, 0.15) is 5.56 Å². The van der Waals surface area contributed by atoms with Crippen molar-refractivity contribution in [3.05, 3.63) is 64.2 Å². The molecular weight excluding hydrogens is 394 g/mol. The zero-order chi connectivity index (χ0) is 21.2. The van der Waals surface area contributed by atoms with Crippen molar-refractivity contribution in [1.82, 2.24) is 5.43 Å². The Balaban J connectivity index is 1.82. The van der Waals surface area contributed by atoms with Crippen LogP contribution in [0.15, 0.2) is 53.6 Å². The van der Waals surface area contributed by atoms with Crippen molar-refractivity contribution < 1.29 is 14.5 Å². The number of nitro groups is 1. The summed E-state index contributed by atoms with van der Waals surface area (Å²) in [5.41, 5.74) is 4.21. The minimum Gasteiger partial charge on any atom is -0.377 e. The first-order chi connectivity index (χ1) is 13.9. The van der Waals surface area contributed by atoms with Crippen molar-refractivity contribution in [2.24, 2.45) is 5.10 Å². The molecule has 0 saturated carbocycles. The van der Waals surface area contributed by atoms with E-state index in [2.05, 4.69) is 15.8 Å². The van der Waals surface area contributed by atoms with E-state index in [4.69, 9.17) is 0 Å². The van der Waals surface area contributed by atoms with Crippen LogP contribution in [0.2, 0.25) is 0 Å². The molecule has 0 spiro atoms. The van der Waals surface area contributed by atoms with E-state index in [-0.39, 0.29) is 29.0 Å². The number of hydrazone groups is 1. The number of amides is 2. The van der Waals surface area contributed by atoms with Crippen LogP contribution in [-0.4, -0.2) is 48.6 Å². The highest BCUT2D eigenvalue weighted by atomic mass is 32.2. The molecule has 0 bridgehead atoms. The Morgan fingerprint density at radius 3 is 2.48 bits per heavy atom. The number of benzene rings is 2. The number of anilines is 2. The molecule has 0 aromatic heterocycles. The van der Waals surface area contributed by atoms with Gasteiger partial charge in [-0.3, -0.25) is 19.7 Å². The smallest absolute Gasteiger partial charge is 0.270 e. The fourth-order valence-corrected chi connectivity index (χ4v) is 2.94. The molecule has 0 radical (unpaired) electrons. The van der Waals surface area contributed by atoms with Crippen LogP contribution in [0.4, 0.5) is 17.1 Å². The van der Waals surface area contributed by atoms with E-state index in [1.54, 1.807) is 37.2 Å². The van der Waals surface area contributed by atoms with Crippen molar-refractivity contribution in [3.8, 4) is 0 Å². The zero-order valence-electron chi connectivity index (χ0n) is 16.0. The summed E-state index contributed by atoms with van der Waals surface area (Å²) in [6.07, 6.45) is 1.35. The summed E-state index contributed by atoms with van der Waals surface area (Å²) < 4.78 is 0. The van der Waals surface area contributed by atoms with Crippen molar-refractivity contribution in [2.75, 3.05) is 35.8 Å². The van der Waals surface area contributed by atoms with Gasteiger partial charge in [0.2, 0.25) is 11.8 Å². The Bertz CT molecular complexity index is 903. The molecule has 2 rings (SSSR count). The lowest BCUT2D eigenvalue weighted by Gasteiger charge is -2.14. The summed E-state index contributed by atoms with van der Waals surface area (Å²) in [5, 5.41) is 17.5. The number of carbonyl (C=O) groups excluding carboxylic acids is 2. The quantitative estimate of drug-likeness (QED) is 0.369. The molecule has 10 heteroatoms. The number of nitro benzene ring substituents is 1. The lowest BCUT2D eigenvalue weighted by molar-refractivity contribution is -0.384. The Hall–Kier alpha value is -3.40. The summed E-state index contributed by atoms with van der Waals surface area (Å²) in [5.74, 6) is -0.406. The molecule has 2 N–H and O–H groups in total. The van der Waals surface area contributed by atoms with Crippen LogP contribution in [-0.2, 0) is 9.59 Å². The van der Waals surface area contributed by atoms with Crippen LogP contribution in [0, 0.1) is 10.1 Å². The van der Waals surface area contributed by atoms with Gasteiger partial charge in [-0.15, -0.1) is 11.8 Å². The Morgan fingerprint density at radius 1 is 1.14 bits per heavy atom. The van der Waals surface area contributed by atoms with Gasteiger partial charge in [-0.25, -0.2) is 5.43 Å². The lowest BCUT2D eigenvalue weighted by Crippen LogP contribution is -2.22. The molecule has 2 aromatic carbocycles. The molecule has 2 amide bonds. The van der Waals surface area contributed by atoms with Gasteiger partial charge in [0.05, 0.1) is 22.6 Å². The number of thioether (sulfide) groups is 1. The van der Waals surface area contributed by atoms with Gasteiger partial charge < -0.3 is 10.2 Å². The van der Waals surface area contributed by atoms with Crippen LogP contribution in [0.25, 0.3) is 0 Å². The van der Waals surface area contributed by atoms with Gasteiger partial charge >= 0.3 is 0 Å². The summed E-state index contributed by atoms with van der Waals surface area (Å²) in [6.45, 7) is 0. The molecule has 0 unspecified atom stereocenters. The van der Waals surface area contributed by atoms with E-state index in [9.17, 15) is 19.7 Å². The van der Waals surface area contributed by atoms with E-state index in [0.29, 0.717) is 11.3 Å². The third-order valence-electron chi connectivity index (χ3n) is 3.62. The minimum atomic E-state index is -0.494. The SMILES string of the molecule is CN(C)c1ccc([N+](=O)[O-])cc1/C=N\NC(=O)CSCC(=O)Nc1ccccc1. The standard InChI is InChI=1S/C19H21N5O4S/c1-23(2)17-9-8-16(24(27)28)10-14(17)11-20-22-19(26)13-29-12-18(25)21-15-6-4-3-5-7-15/h3-11H,12-13H2,1-2H3,(H,21,25)(H,22,26)/b20-11-. The monoisotopic (exact) mass is 415 g/mol. The maximum absolute atomic E-state index is 11.9. The van der Waals surface area contributed by atoms with E-state index in [1.807, 2.05) is 18.2 Å². The molecule has 0 fully saturated rings. The Labute approximate surface area is 172 Å². The highest BCUT2D eigenvalue weighted by molar-refractivity contribution is 8.00. The minimum absolute atomic E-state index is 0.0506. The second-order valence-electron chi connectivity index (χ2n) is 6.09. The Kier molecular flexibility index (Phi) is 8.16. The molecular formula is C19H21N5O4S. The molecule has 152 valence electrons. The molecule has 0 aliphatic carbocycles. The fraction of sp³-hybridized carbons (Fsp3) is 0.211. The predicted molar refractivity (Wildman–Crippen MR) is 116 cm³/mol. The highest BCUT2D eigenvalue weighted by Gasteiger charge is 2.11. The van der Waals surface area contributed by atoms with Gasteiger partial charge in [-0.1, -0.05) is 18.2 Å². The molecule has 0 aliphatic heterocycles. The number of nitrogens with zero attached hydrogens (tertiary/aromatic N) is 3. The fourth-order valence-electron chi connectivity index (χ4n) is 2.33. The normalized spacial score (nSPS) is 10.6. The van der Waals surface area contributed by atoms with Gasteiger partial charge in [-0.2, -0.15) is 5.10 Å². The van der Waals surface area contributed by atoms with E-state index < -0.39 is 4.92 Å². The maximum atomic E-state index is 11.9. The van der Waals surface area contributed by atoms with Crippen LogP contribution < -0.4 is 15.6 Å². The molecule has 29 heavy (non-hydrogen) atoms. The largest absolute Gasteiger partial charge is 0.377 e. The number of carbonyl (C=O) groups is 2. The molecule has 9 nitrogen and oxygen atoms in total. The van der Waals surface area contributed by atoms with Gasteiger partial charge in [0.15, 0.2) is 0 Å². The van der Waals surface area contributed by atoms with Crippen molar-refractivity contribution in [3.63, 3.8) is 0 Å². The molecule has 0 heterocycles. The first kappa shape index (κ1) is 21.9. The predicted octanol–water partition coefficient (Wildman–Crippen LogP) is 2.48. The lowest BCUT2D eigenvalue weighted by atomic mass is 10.1. The first-order valence-electron chi connectivity index (χ1n) is 8.57. The first-order valence-corrected chi connectivity index (χ1v) is 9.72. The number of hydrogen-bond acceptors (Lipinski definition) is 7. The van der Waals surface area contributed by atoms with E-state index in [0.717, 1.165) is 17.4 Å². The van der Waals surface area contributed by atoms with Crippen molar-refractivity contribution in [1.29, 1.82) is 0 Å². The molecule has 0 atom stereocenters. The van der Waals surface area contributed by atoms with Gasteiger partial charge in [0.1, 0.15) is 0 Å². The van der Waals surface area contributed by atoms with Crippen LogP contribution in [0.3, 0.4) is 0 Å². The molecule has 2 aromatic rings. The van der Waals surface area contributed by atoms with Gasteiger partial charge in [0.25, 0.3) is 5.69 Å². The number of para-hydroxylation sites is 1. The average Bonchev–Trinajstić information content (AvgIpc) is 2.68. The van der Waals surface area contributed by atoms with Gasteiger partial charge in [-0.05, 0) is 18.2 Å². The van der Waals surface area contributed by atoms with Gasteiger partial charge in [0, 0.05) is 43.2 Å². The Morgan fingerprint density at radius 2 is 1.83 bits per heavy atom. The third kappa shape index (κ3) is 7.26. The average molecular weight is 415 g/mol. The summed E-state index contributed by atoms with van der Waals surface area (Å²) in [6, 6.07) is 13.4. The van der Waals surface area contributed by atoms with Crippen molar-refractivity contribution in [2.45, 2.75) is 0 Å². The summed E-state index contributed by atoms with van der Waals surface area (Å²) >= 11 is 1.15. The second kappa shape index (κ2) is 10.8. The molecule has 0 saturated heterocycles. The highest BCUT2D eigenvalue weighted by Crippen LogP contribution is 2.22. The number of hydrogen-bond donors (Lipinski definition) is 2. The molecule has 0 aliphatic rings. The topological polar surface area (TPSA) is 117 Å². The van der Waals surface area contributed by atoms with E-state index in [1.165, 1.54) is 18.3 Å². The number of rotatable bonds is 9. The zero-order valence-corrected chi connectivity index (χ0v) is 16.8. The number of nitrogens with one attached hydrogen (secondary N) is 2. The van der Waals surface area contributed by atoms with Crippen LogP contribution >= 0.6 is 11.8 Å². The summed E-state index contributed by atoms with van der Waals surface area (Å²) in [7, 11) is 3.60. The van der Waals surface area contributed by atoms with Crippen molar-refractivity contribution >= 4 is 46.9 Å². The van der Waals surface area contributed by atoms with Crippen LogP contribution in [0.5, 0.6) is 0 Å². The summed E-state index contributed by atoms with van der Waals surface area (Å²) in [4.78, 5) is 35.9.